The Bertz CT molecular complexity index is 627. The highest BCUT2D eigenvalue weighted by Gasteiger charge is 2.38. The average molecular weight is 354 g/mol. The van der Waals surface area contributed by atoms with Gasteiger partial charge in [0.25, 0.3) is 5.79 Å². The molecule has 0 aromatic heterocycles. The van der Waals surface area contributed by atoms with Gasteiger partial charge in [-0.2, -0.15) is 0 Å². The third-order valence-electron chi connectivity index (χ3n) is 3.08. The molecule has 1 N–H and O–H groups in total. The number of carbonyl (C=O) groups excluding carboxylic acids is 2. The maximum absolute atomic E-state index is 11.8. The Labute approximate surface area is 131 Å². The largest absolute Gasteiger partial charge is 0.419 e. The summed E-state index contributed by atoms with van der Waals surface area (Å²) < 4.78 is 11.0. The van der Waals surface area contributed by atoms with Gasteiger partial charge in [-0.1, -0.05) is 22.0 Å². The smallest absolute Gasteiger partial charge is 0.350 e. The van der Waals surface area contributed by atoms with Crippen LogP contribution in [0, 0.1) is 13.8 Å². The van der Waals surface area contributed by atoms with Crippen molar-refractivity contribution in [1.29, 1.82) is 0 Å². The number of carbonyl (C=O) groups is 2. The molecule has 2 rings (SSSR count). The van der Waals surface area contributed by atoms with Crippen molar-refractivity contribution in [3.63, 3.8) is 0 Å². The second-order valence-corrected chi connectivity index (χ2v) is 6.10. The lowest BCUT2D eigenvalue weighted by molar-refractivity contribution is -0.222. The third kappa shape index (κ3) is 3.26. The monoisotopic (exact) mass is 353 g/mol. The summed E-state index contributed by atoms with van der Waals surface area (Å²) in [5, 5.41) is 2.99. The van der Waals surface area contributed by atoms with E-state index >= 15 is 0 Å². The van der Waals surface area contributed by atoms with Crippen molar-refractivity contribution in [2.45, 2.75) is 33.5 Å². The van der Waals surface area contributed by atoms with Crippen molar-refractivity contribution in [3.8, 4) is 0 Å². The molecule has 1 fully saturated rings. The van der Waals surface area contributed by atoms with E-state index in [-0.39, 0.29) is 5.57 Å². The third-order valence-corrected chi connectivity index (χ3v) is 3.94. The first-order chi connectivity index (χ1) is 9.71. The highest BCUT2D eigenvalue weighted by Crippen LogP contribution is 2.28. The molecule has 0 amide bonds. The zero-order valence-electron chi connectivity index (χ0n) is 12.2. The van der Waals surface area contributed by atoms with E-state index in [1.54, 1.807) is 0 Å². The molecule has 1 aromatic carbocycles. The van der Waals surface area contributed by atoms with Gasteiger partial charge in [-0.3, -0.25) is 0 Å². The van der Waals surface area contributed by atoms with E-state index < -0.39 is 17.7 Å². The first-order valence-electron chi connectivity index (χ1n) is 6.40. The minimum absolute atomic E-state index is 0.159. The highest BCUT2D eigenvalue weighted by molar-refractivity contribution is 9.10. The molecular weight excluding hydrogens is 338 g/mol. The quantitative estimate of drug-likeness (QED) is 0.502. The van der Waals surface area contributed by atoms with Crippen LogP contribution in [-0.2, 0) is 19.1 Å². The fraction of sp³-hybridized carbons (Fsp3) is 0.333. The average Bonchev–Trinajstić information content (AvgIpc) is 2.35. The summed E-state index contributed by atoms with van der Waals surface area (Å²) in [4.78, 5) is 23.7. The molecule has 0 saturated carbocycles. The molecule has 1 aliphatic rings. The Morgan fingerprint density at radius 1 is 1.14 bits per heavy atom. The lowest BCUT2D eigenvalue weighted by atomic mass is 10.1. The second kappa shape index (κ2) is 5.52. The number of ether oxygens (including phenoxy) is 2. The maximum atomic E-state index is 11.8. The summed E-state index contributed by atoms with van der Waals surface area (Å²) in [5.41, 5.74) is 2.63. The van der Waals surface area contributed by atoms with Crippen LogP contribution in [0.25, 0.3) is 0 Å². The summed E-state index contributed by atoms with van der Waals surface area (Å²) >= 11 is 3.44. The number of benzene rings is 1. The van der Waals surface area contributed by atoms with Gasteiger partial charge < -0.3 is 14.8 Å². The van der Waals surface area contributed by atoms with Crippen LogP contribution in [0.15, 0.2) is 28.4 Å². The molecule has 6 heteroatoms. The van der Waals surface area contributed by atoms with Crippen LogP contribution in [0.2, 0.25) is 0 Å². The summed E-state index contributed by atoms with van der Waals surface area (Å²) in [6.07, 6.45) is 1.32. The van der Waals surface area contributed by atoms with Gasteiger partial charge in [0.15, 0.2) is 5.57 Å². The van der Waals surface area contributed by atoms with E-state index in [2.05, 4.69) is 21.2 Å². The van der Waals surface area contributed by atoms with Gasteiger partial charge in [-0.15, -0.1) is 0 Å². The first-order valence-corrected chi connectivity index (χ1v) is 7.19. The van der Waals surface area contributed by atoms with Crippen molar-refractivity contribution in [3.05, 3.63) is 39.5 Å². The molecule has 0 bridgehead atoms. The standard InChI is InChI=1S/C15H16BrNO4/c1-8-5-6-11(16)9(2)12(8)17-7-10-13(18)20-15(3,4)21-14(10)19/h5-7,17H,1-4H3. The van der Waals surface area contributed by atoms with Crippen molar-refractivity contribution < 1.29 is 19.1 Å². The molecule has 5 nitrogen and oxygen atoms in total. The van der Waals surface area contributed by atoms with Crippen LogP contribution in [0.3, 0.4) is 0 Å². The molecule has 0 aliphatic carbocycles. The summed E-state index contributed by atoms with van der Waals surface area (Å²) in [5.74, 6) is -2.63. The number of aryl methyl sites for hydroxylation is 1. The Morgan fingerprint density at radius 2 is 1.71 bits per heavy atom. The van der Waals surface area contributed by atoms with E-state index in [0.717, 1.165) is 21.3 Å². The second-order valence-electron chi connectivity index (χ2n) is 5.25. The van der Waals surface area contributed by atoms with Crippen LogP contribution >= 0.6 is 15.9 Å². The molecule has 1 aliphatic heterocycles. The zero-order valence-corrected chi connectivity index (χ0v) is 13.8. The number of esters is 2. The van der Waals surface area contributed by atoms with Crippen molar-refractivity contribution in [2.75, 3.05) is 5.32 Å². The van der Waals surface area contributed by atoms with Gasteiger partial charge >= 0.3 is 11.9 Å². The SMILES string of the molecule is Cc1ccc(Br)c(C)c1NC=C1C(=O)OC(C)(C)OC1=O. The number of hydrogen-bond donors (Lipinski definition) is 1. The van der Waals surface area contributed by atoms with E-state index in [9.17, 15) is 9.59 Å². The molecule has 21 heavy (non-hydrogen) atoms. The highest BCUT2D eigenvalue weighted by atomic mass is 79.9. The summed E-state index contributed by atoms with van der Waals surface area (Å²) in [7, 11) is 0. The van der Waals surface area contributed by atoms with Crippen LogP contribution in [0.5, 0.6) is 0 Å². The molecule has 0 radical (unpaired) electrons. The summed E-state index contributed by atoms with van der Waals surface area (Å²) in [6.45, 7) is 6.88. The Morgan fingerprint density at radius 3 is 2.29 bits per heavy atom. The molecule has 1 saturated heterocycles. The van der Waals surface area contributed by atoms with Crippen LogP contribution in [0.4, 0.5) is 5.69 Å². The molecule has 112 valence electrons. The lowest BCUT2D eigenvalue weighted by Gasteiger charge is -2.29. The fourth-order valence-corrected chi connectivity index (χ4v) is 2.30. The van der Waals surface area contributed by atoms with Crippen molar-refractivity contribution >= 4 is 33.6 Å². The molecule has 1 heterocycles. The predicted octanol–water partition coefficient (Wildman–Crippen LogP) is 3.20. The molecule has 0 spiro atoms. The van der Waals surface area contributed by atoms with Crippen LogP contribution in [-0.4, -0.2) is 17.7 Å². The van der Waals surface area contributed by atoms with Gasteiger partial charge in [0.05, 0.1) is 0 Å². The number of cyclic esters (lactones) is 2. The maximum Gasteiger partial charge on any atom is 0.350 e. The minimum atomic E-state index is -1.23. The van der Waals surface area contributed by atoms with E-state index in [1.807, 2.05) is 26.0 Å². The number of hydrogen-bond acceptors (Lipinski definition) is 5. The van der Waals surface area contributed by atoms with E-state index in [1.165, 1.54) is 20.0 Å². The van der Waals surface area contributed by atoms with Crippen molar-refractivity contribution in [1.82, 2.24) is 0 Å². The molecule has 0 atom stereocenters. The molecule has 1 aromatic rings. The van der Waals surface area contributed by atoms with Gasteiger partial charge in [0, 0.05) is 30.2 Å². The Hall–Kier alpha value is -1.82. The zero-order chi connectivity index (χ0) is 15.8. The Kier molecular flexibility index (Phi) is 4.09. The normalized spacial score (nSPS) is 17.1. The minimum Gasteiger partial charge on any atom is -0.419 e. The summed E-state index contributed by atoms with van der Waals surface area (Å²) in [6, 6.07) is 3.87. The lowest BCUT2D eigenvalue weighted by Crippen LogP contribution is -2.42. The molecule has 0 unspecified atom stereocenters. The number of rotatable bonds is 2. The number of halogens is 1. The van der Waals surface area contributed by atoms with Crippen LogP contribution < -0.4 is 5.32 Å². The first kappa shape index (κ1) is 15.6. The van der Waals surface area contributed by atoms with Gasteiger partial charge in [-0.25, -0.2) is 9.59 Å². The topological polar surface area (TPSA) is 64.6 Å². The predicted molar refractivity (Wildman–Crippen MR) is 81.6 cm³/mol. The van der Waals surface area contributed by atoms with Gasteiger partial charge in [0.1, 0.15) is 0 Å². The molecular formula is C15H16BrNO4. The van der Waals surface area contributed by atoms with E-state index in [4.69, 9.17) is 9.47 Å². The number of nitrogens with one attached hydrogen (secondary N) is 1. The van der Waals surface area contributed by atoms with E-state index in [0.29, 0.717) is 0 Å². The van der Waals surface area contributed by atoms with Gasteiger partial charge in [-0.05, 0) is 31.0 Å². The van der Waals surface area contributed by atoms with Crippen molar-refractivity contribution in [2.24, 2.45) is 0 Å². The Balaban J connectivity index is 2.28. The number of anilines is 1. The van der Waals surface area contributed by atoms with Gasteiger partial charge in [0.2, 0.25) is 0 Å². The fourth-order valence-electron chi connectivity index (χ4n) is 1.97. The van der Waals surface area contributed by atoms with Crippen LogP contribution in [0.1, 0.15) is 25.0 Å².